The fraction of sp³-hybridized carbons (Fsp3) is 0.652. The van der Waals surface area contributed by atoms with Crippen molar-refractivity contribution in [3.63, 3.8) is 0 Å². The number of sulfonamides is 1. The average Bonchev–Trinajstić information content (AvgIpc) is 3.21. The Morgan fingerprint density at radius 2 is 1.94 bits per heavy atom. The first-order valence-corrected chi connectivity index (χ1v) is 13.3. The number of nitrogens with two attached hydrogens (primary N) is 1. The molecular formula is C23H32FN5O3S. The molecule has 3 atom stereocenters. The summed E-state index contributed by atoms with van der Waals surface area (Å²) in [5.74, 6) is 0.167. The first kappa shape index (κ1) is 22.7. The highest BCUT2D eigenvalue weighted by Crippen LogP contribution is 2.57. The van der Waals surface area contributed by atoms with Crippen LogP contribution in [0.25, 0.3) is 0 Å². The van der Waals surface area contributed by atoms with Crippen molar-refractivity contribution in [1.82, 2.24) is 14.9 Å². The van der Waals surface area contributed by atoms with Gasteiger partial charge in [-0.05, 0) is 81.4 Å². The number of nitrogens with zero attached hydrogens (tertiary/aromatic N) is 1. The minimum Gasteiger partial charge on any atom is -0.396 e. The summed E-state index contributed by atoms with van der Waals surface area (Å²) in [7, 11) is -3.87. The van der Waals surface area contributed by atoms with Crippen LogP contribution in [0.2, 0.25) is 0 Å². The second kappa shape index (κ2) is 8.02. The van der Waals surface area contributed by atoms with Gasteiger partial charge in [-0.15, -0.1) is 0 Å². The second-order valence-electron chi connectivity index (χ2n) is 10.6. The summed E-state index contributed by atoms with van der Waals surface area (Å²) in [5.41, 5.74) is 4.57. The molecule has 180 valence electrons. The maximum absolute atomic E-state index is 13.6. The van der Waals surface area contributed by atoms with Crippen LogP contribution in [-0.2, 0) is 14.8 Å². The van der Waals surface area contributed by atoms with E-state index in [0.717, 1.165) is 51.0 Å². The summed E-state index contributed by atoms with van der Waals surface area (Å²) >= 11 is 0. The van der Waals surface area contributed by atoms with Crippen molar-refractivity contribution in [2.75, 3.05) is 18.8 Å². The predicted octanol–water partition coefficient (Wildman–Crippen LogP) is 2.01. The van der Waals surface area contributed by atoms with Crippen LogP contribution >= 0.6 is 0 Å². The van der Waals surface area contributed by atoms with Gasteiger partial charge in [-0.3, -0.25) is 4.79 Å². The van der Waals surface area contributed by atoms with Gasteiger partial charge in [0.2, 0.25) is 15.9 Å². The van der Waals surface area contributed by atoms with Gasteiger partial charge in [0.1, 0.15) is 5.82 Å². The number of hydrogen-bond acceptors (Lipinski definition) is 6. The Labute approximate surface area is 194 Å². The Hall–Kier alpha value is -2.04. The zero-order valence-electron chi connectivity index (χ0n) is 18.6. The fourth-order valence-corrected chi connectivity index (χ4v) is 8.72. The number of benzene rings is 1. The second-order valence-corrected chi connectivity index (χ2v) is 12.3. The molecule has 1 aromatic rings. The summed E-state index contributed by atoms with van der Waals surface area (Å²) in [6.07, 6.45) is 8.26. The lowest BCUT2D eigenvalue weighted by Crippen LogP contribution is -2.69. The molecule has 4 aliphatic carbocycles. The van der Waals surface area contributed by atoms with E-state index in [0.29, 0.717) is 24.8 Å². The monoisotopic (exact) mass is 477 g/mol. The average molecular weight is 478 g/mol. The van der Waals surface area contributed by atoms with Gasteiger partial charge in [-0.2, -0.15) is 0 Å². The summed E-state index contributed by atoms with van der Waals surface area (Å²) in [5, 5.41) is 11.1. The molecule has 1 aliphatic heterocycles. The Bertz CT molecular complexity index is 1060. The maximum Gasteiger partial charge on any atom is 0.241 e. The van der Waals surface area contributed by atoms with Crippen molar-refractivity contribution in [3.8, 4) is 0 Å². The molecule has 0 spiro atoms. The van der Waals surface area contributed by atoms with Crippen LogP contribution in [0.4, 0.5) is 10.1 Å². The molecule has 8 nitrogen and oxygen atoms in total. The lowest BCUT2D eigenvalue weighted by molar-refractivity contribution is -0.131. The normalized spacial score (nSPS) is 35.2. The van der Waals surface area contributed by atoms with Gasteiger partial charge in [-0.25, -0.2) is 17.5 Å². The maximum atomic E-state index is 13.6. The van der Waals surface area contributed by atoms with Gasteiger partial charge >= 0.3 is 0 Å². The molecule has 0 aromatic heterocycles. The van der Waals surface area contributed by atoms with E-state index in [1.807, 2.05) is 0 Å². The van der Waals surface area contributed by atoms with Crippen molar-refractivity contribution in [2.45, 2.75) is 73.4 Å². The van der Waals surface area contributed by atoms with Crippen LogP contribution in [0.3, 0.4) is 0 Å². The molecule has 2 unspecified atom stereocenters. The highest BCUT2D eigenvalue weighted by Gasteiger charge is 2.58. The molecule has 4 bridgehead atoms. The number of carbonyl (C=O) groups excluding carboxylic acids is 1. The van der Waals surface area contributed by atoms with E-state index >= 15 is 0 Å². The summed E-state index contributed by atoms with van der Waals surface area (Å²) < 4.78 is 43.0. The van der Waals surface area contributed by atoms with Crippen LogP contribution in [0.1, 0.15) is 51.4 Å². The smallest absolute Gasteiger partial charge is 0.241 e. The minimum absolute atomic E-state index is 0.00756. The van der Waals surface area contributed by atoms with Crippen molar-refractivity contribution in [2.24, 2.45) is 11.8 Å². The first-order chi connectivity index (χ1) is 15.6. The lowest BCUT2D eigenvalue weighted by Gasteiger charge is -2.62. The molecule has 1 heterocycles. The molecular weight excluding hydrogens is 445 g/mol. The highest BCUT2D eigenvalue weighted by atomic mass is 32.2. The van der Waals surface area contributed by atoms with E-state index in [-0.39, 0.29) is 34.6 Å². The van der Waals surface area contributed by atoms with E-state index in [1.54, 1.807) is 4.90 Å². The van der Waals surface area contributed by atoms with Gasteiger partial charge in [0.25, 0.3) is 0 Å². The van der Waals surface area contributed by atoms with Crippen molar-refractivity contribution in [1.29, 1.82) is 5.41 Å². The van der Waals surface area contributed by atoms with Gasteiger partial charge in [0.05, 0.1) is 23.2 Å². The van der Waals surface area contributed by atoms with Gasteiger partial charge in [-0.1, -0.05) is 0 Å². The zero-order valence-corrected chi connectivity index (χ0v) is 19.5. The van der Waals surface area contributed by atoms with Crippen LogP contribution < -0.4 is 15.8 Å². The quantitative estimate of drug-likeness (QED) is 0.353. The number of nitrogen functional groups attached to an aromatic ring is 1. The molecule has 6 rings (SSSR count). The predicted molar refractivity (Wildman–Crippen MR) is 123 cm³/mol. The molecule has 1 amide bonds. The molecule has 10 heteroatoms. The largest absolute Gasteiger partial charge is 0.396 e. The molecule has 0 radical (unpaired) electrons. The number of rotatable bonds is 7. The van der Waals surface area contributed by atoms with Crippen molar-refractivity contribution in [3.05, 3.63) is 24.0 Å². The highest BCUT2D eigenvalue weighted by molar-refractivity contribution is 7.89. The van der Waals surface area contributed by atoms with E-state index in [1.165, 1.54) is 18.3 Å². The van der Waals surface area contributed by atoms with Crippen molar-refractivity contribution < 1.29 is 17.6 Å². The van der Waals surface area contributed by atoms with E-state index in [9.17, 15) is 17.6 Å². The summed E-state index contributed by atoms with van der Waals surface area (Å²) in [4.78, 5) is 14.6. The first-order valence-electron chi connectivity index (χ1n) is 11.8. The third-order valence-corrected chi connectivity index (χ3v) is 9.69. The minimum atomic E-state index is -3.87. The molecule has 5 aliphatic rings. The summed E-state index contributed by atoms with van der Waals surface area (Å²) in [6.45, 7) is 0.893. The number of hydrogen-bond donors (Lipinski definition) is 4. The van der Waals surface area contributed by atoms with Gasteiger partial charge < -0.3 is 21.4 Å². The Morgan fingerprint density at radius 3 is 2.61 bits per heavy atom. The molecule has 33 heavy (non-hydrogen) atoms. The molecule has 5 fully saturated rings. The Kier molecular flexibility index (Phi) is 5.53. The van der Waals surface area contributed by atoms with Crippen molar-refractivity contribution >= 4 is 27.8 Å². The number of likely N-dealkylation sites (tertiary alicyclic amines) is 1. The van der Waals surface area contributed by atoms with Crippen LogP contribution in [-0.4, -0.2) is 55.6 Å². The Balaban J connectivity index is 1.33. The van der Waals surface area contributed by atoms with Crippen LogP contribution in [0, 0.1) is 23.1 Å². The SMILES string of the molecule is N=C[C@@H]1CCCN1C(=O)CNC12CC3CC(C1)CC(NS(=O)(=O)c1ccc(F)c(N)c1)(C3)C2. The molecule has 4 saturated carbocycles. The van der Waals surface area contributed by atoms with E-state index in [2.05, 4.69) is 10.0 Å². The zero-order chi connectivity index (χ0) is 23.4. The standard InChI is InChI=1S/C23H32FN5O3S/c24-19-4-3-18(7-20(19)26)33(31,32)28-23-10-15-6-16(11-23)9-22(8-15,14-23)27-13-21(30)29-5-1-2-17(29)12-25/h3-4,7,12,15-17,25,27-28H,1-2,5-6,8-11,13-14,26H2/t15?,16?,17-,22?,23?/m0/s1. The van der Waals surface area contributed by atoms with E-state index in [4.69, 9.17) is 11.1 Å². The fourth-order valence-electron chi connectivity index (χ4n) is 7.26. The van der Waals surface area contributed by atoms with Gasteiger partial charge in [0.15, 0.2) is 0 Å². The number of anilines is 1. The third-order valence-electron chi connectivity index (χ3n) is 8.12. The number of amides is 1. The summed E-state index contributed by atoms with van der Waals surface area (Å²) in [6, 6.07) is 3.38. The topological polar surface area (TPSA) is 128 Å². The van der Waals surface area contributed by atoms with Crippen LogP contribution in [0.5, 0.6) is 0 Å². The molecule has 5 N–H and O–H groups in total. The number of halogens is 1. The number of carbonyl (C=O) groups is 1. The number of nitrogens with one attached hydrogen (secondary N) is 3. The van der Waals surface area contributed by atoms with Crippen LogP contribution in [0.15, 0.2) is 23.1 Å². The van der Waals surface area contributed by atoms with E-state index < -0.39 is 21.4 Å². The lowest BCUT2D eigenvalue weighted by atomic mass is 9.50. The van der Waals surface area contributed by atoms with Gasteiger partial charge in [0, 0.05) is 23.8 Å². The molecule has 1 saturated heterocycles. The Morgan fingerprint density at radius 1 is 1.24 bits per heavy atom. The molecule has 1 aromatic carbocycles. The third kappa shape index (κ3) is 4.17.